The molecule has 0 bridgehead atoms. The molecule has 18 aromatic carbocycles. The molecule has 0 aliphatic carbocycles. The Bertz CT molecular complexity index is 9810. The molecule has 436 valence electrons. The Balaban J connectivity index is 0.000000191. The number of rotatable bonds is 6. The molecule has 0 saturated carbocycles. The van der Waals surface area contributed by atoms with E-state index in [-0.39, 0.29) is 0 Å². The van der Waals surface area contributed by atoms with Crippen molar-refractivity contribution in [2.45, 2.75) is 0 Å². The summed E-state index contributed by atoms with van der Waals surface area (Å²) < 4.78 is 519. The zero-order chi connectivity index (χ0) is 111. The molecule has 0 unspecified atom stereocenters. The third kappa shape index (κ3) is 8.43. The monoisotopic (exact) mass is 1250 g/mol. The highest BCUT2D eigenvalue weighted by molar-refractivity contribution is 6.30. The fourth-order valence-corrected chi connectivity index (χ4v) is 11.8. The van der Waals surface area contributed by atoms with Gasteiger partial charge in [0.1, 0.15) is 22.3 Å². The van der Waals surface area contributed by atoms with Gasteiger partial charge >= 0.3 is 0 Å². The van der Waals surface area contributed by atoms with Crippen LogP contribution < -0.4 is 0 Å². The van der Waals surface area contributed by atoms with Gasteiger partial charge in [0, 0.05) is 21.5 Å². The quantitative estimate of drug-likeness (QED) is 0.155. The van der Waals surface area contributed by atoms with E-state index in [9.17, 15) is 27.4 Å². The van der Waals surface area contributed by atoms with Crippen LogP contribution in [-0.4, -0.2) is 0 Å². The zero-order valence-electron chi connectivity index (χ0n) is 103. The van der Waals surface area contributed by atoms with Gasteiger partial charge in [0.25, 0.3) is 0 Å². The molecule has 0 aliphatic rings. The predicted octanol–water partition coefficient (Wildman–Crippen LogP) is 26.4. The second kappa shape index (κ2) is 21.7. The van der Waals surface area contributed by atoms with Crippen molar-refractivity contribution in [3.8, 4) is 66.8 Å². The Morgan fingerprint density at radius 2 is 0.468 bits per heavy atom. The summed E-state index contributed by atoms with van der Waals surface area (Å²) in [4.78, 5) is 0. The molecule has 2 heterocycles. The van der Waals surface area contributed by atoms with E-state index in [1.54, 1.807) is 0 Å². The van der Waals surface area contributed by atoms with E-state index in [0.29, 0.717) is 0 Å². The summed E-state index contributed by atoms with van der Waals surface area (Å²) in [5, 5.41) is -13.3. The highest BCUT2D eigenvalue weighted by Gasteiger charge is 2.25. The van der Waals surface area contributed by atoms with Crippen molar-refractivity contribution in [3.05, 3.63) is 338 Å². The molecule has 0 aliphatic heterocycles. The summed E-state index contributed by atoms with van der Waals surface area (Å²) in [7, 11) is 0. The molecule has 0 radical (unpaired) electrons. The summed E-state index contributed by atoms with van der Waals surface area (Å²) in [6.45, 7) is 0. The first kappa shape index (κ1) is 21.9. The molecule has 2 aromatic heterocycles. The summed E-state index contributed by atoms with van der Waals surface area (Å²) >= 11 is 0. The molecule has 20 aromatic rings. The van der Waals surface area contributed by atoms with Gasteiger partial charge in [-0.1, -0.05) is 302 Å². The van der Waals surface area contributed by atoms with Crippen LogP contribution in [0.15, 0.2) is 347 Å². The number of fused-ring (bicyclic) bond motifs is 14. The van der Waals surface area contributed by atoms with Crippen LogP contribution in [0, 0.1) is 0 Å². The lowest BCUT2D eigenvalue weighted by Crippen LogP contribution is -1.93. The summed E-state index contributed by atoms with van der Waals surface area (Å²) in [6.07, 6.45) is 0. The molecular formula is C92H56O2. The van der Waals surface area contributed by atoms with Crippen molar-refractivity contribution in [1.82, 2.24) is 0 Å². The Labute approximate surface area is 620 Å². The average Bonchev–Trinajstić information content (AvgIpc) is 1.08. The van der Waals surface area contributed by atoms with Gasteiger partial charge in [-0.05, 0) is 189 Å². The number of hydrogen-bond donors (Lipinski definition) is 0. The van der Waals surface area contributed by atoms with Gasteiger partial charge in [0.15, 0.2) is 0 Å². The smallest absolute Gasteiger partial charge is 0.136 e. The maximum atomic E-state index is 9.98. The lowest BCUT2D eigenvalue weighted by molar-refractivity contribution is 0.669. The van der Waals surface area contributed by atoms with Gasteiger partial charge in [-0.25, -0.2) is 0 Å². The van der Waals surface area contributed by atoms with E-state index in [0.717, 1.165) is 0 Å². The van der Waals surface area contributed by atoms with Crippen molar-refractivity contribution in [2.24, 2.45) is 0 Å². The molecule has 0 amide bonds. The van der Waals surface area contributed by atoms with Crippen LogP contribution in [0.2, 0.25) is 0 Å². The van der Waals surface area contributed by atoms with Crippen molar-refractivity contribution >= 4 is 130 Å². The minimum absolute atomic E-state index is 0.478. The maximum absolute atomic E-state index is 9.98. The van der Waals surface area contributed by atoms with Crippen LogP contribution in [0.5, 0.6) is 0 Å². The Kier molecular flexibility index (Phi) is 5.05. The topological polar surface area (TPSA) is 26.3 Å². The molecule has 0 atom stereocenters. The van der Waals surface area contributed by atoms with Crippen molar-refractivity contribution in [3.63, 3.8) is 0 Å². The summed E-state index contributed by atoms with van der Waals surface area (Å²) in [5.74, 6) is 0. The molecular weight excluding hydrogens is 1140 g/mol. The van der Waals surface area contributed by atoms with E-state index >= 15 is 0 Å². The van der Waals surface area contributed by atoms with Crippen LogP contribution in [0.4, 0.5) is 0 Å². The first-order chi connectivity index (χ1) is 70.0. The summed E-state index contributed by atoms with van der Waals surface area (Å²) in [5.41, 5.74) is -11.9. The number of benzene rings is 18. The van der Waals surface area contributed by atoms with E-state index in [1.807, 2.05) is 0 Å². The van der Waals surface area contributed by atoms with E-state index in [2.05, 4.69) is 0 Å². The Morgan fingerprint density at radius 1 is 0.170 bits per heavy atom. The van der Waals surface area contributed by atoms with Crippen LogP contribution in [0.3, 0.4) is 0 Å². The first-order valence-electron chi connectivity index (χ1n) is 55.8. The minimum atomic E-state index is -1.15. The minimum Gasteiger partial charge on any atom is -0.456 e. The highest BCUT2D eigenvalue weighted by atomic mass is 16.3. The fourth-order valence-electron chi connectivity index (χ4n) is 11.8. The van der Waals surface area contributed by atoms with Gasteiger partial charge in [-0.2, -0.15) is 0 Å². The van der Waals surface area contributed by atoms with Gasteiger partial charge in [-0.3, -0.25) is 0 Å². The zero-order valence-corrected chi connectivity index (χ0v) is 46.8. The molecule has 2 heteroatoms. The SMILES string of the molecule is [2H]c1c([2H])c(-c2c3c([2H])c([2H])c([2H])c([2H])c3c(-c3c([2H])c([2H])c(-c4c([2H])c([2H])c([2H])c5c([2H])c([2H])c([2H])c([2H])c45)c4c([2H])c([2H])c([2H])c([2H])c34)c3c([2H])c([2H])c([2H])c([2H])c23)c2c(oc3c([2H])c4c([2H])c([2H])c([2H])c([2H])c4c([2H])c32)c1[2H].[2H]c1c([2H])c([2H])c(-c2c([2H])c([2H])c([2H])c([2H])c2-c2c3c([2H])c([2H])c([2H])c([2H])c3c(-c3c([2H])c([2H])c([2H])c4oc5c([2H])c6c([2H])c([2H])c([2H])c([2H])c6c([2H])c5c34)c3c([2H])c([2H])c([2H])c([2H])c23)c([2H])c1[2H]. The summed E-state index contributed by atoms with van der Waals surface area (Å²) in [6, 6.07) is -53.1. The van der Waals surface area contributed by atoms with Crippen molar-refractivity contribution in [1.29, 1.82) is 0 Å². The van der Waals surface area contributed by atoms with Crippen LogP contribution >= 0.6 is 0 Å². The Morgan fingerprint density at radius 3 is 0.947 bits per heavy atom. The van der Waals surface area contributed by atoms with Gasteiger partial charge in [0.05, 0.1) is 76.8 Å². The lowest BCUT2D eigenvalue weighted by Gasteiger charge is -2.20. The third-order valence-electron chi connectivity index (χ3n) is 15.6. The number of furan rings is 2. The molecule has 20 rings (SSSR count). The second-order valence-electron chi connectivity index (χ2n) is 20.5. The largest absolute Gasteiger partial charge is 0.456 e. The molecule has 0 spiro atoms. The van der Waals surface area contributed by atoms with Gasteiger partial charge in [-0.15, -0.1) is 0 Å². The fraction of sp³-hybridized carbons (Fsp3) is 0. The van der Waals surface area contributed by atoms with Gasteiger partial charge in [0.2, 0.25) is 0 Å². The maximum Gasteiger partial charge on any atom is 0.136 e. The van der Waals surface area contributed by atoms with E-state index < -0.39 is 535 Å². The molecule has 0 N–H and O–H groups in total. The predicted molar refractivity (Wildman–Crippen MR) is 400 cm³/mol. The van der Waals surface area contributed by atoms with Crippen molar-refractivity contribution < 1.29 is 85.6 Å². The van der Waals surface area contributed by atoms with Crippen LogP contribution in [-0.2, 0) is 0 Å². The number of hydrogen-bond acceptors (Lipinski definition) is 2. The first-order valence-corrected chi connectivity index (χ1v) is 27.8. The normalized spacial score (nSPS) is 20.2. The molecule has 2 nitrogen and oxygen atoms in total. The second-order valence-corrected chi connectivity index (χ2v) is 20.5. The average molecular weight is 1250 g/mol. The lowest BCUT2D eigenvalue weighted by atomic mass is 9.83. The highest BCUT2D eigenvalue weighted by Crippen LogP contribution is 2.52. The Hall–Kier alpha value is -12.4. The van der Waals surface area contributed by atoms with E-state index in [4.69, 9.17) is 58.2 Å². The van der Waals surface area contributed by atoms with Crippen LogP contribution in [0.1, 0.15) is 76.8 Å². The van der Waals surface area contributed by atoms with Crippen molar-refractivity contribution in [2.75, 3.05) is 0 Å². The third-order valence-corrected chi connectivity index (χ3v) is 15.6. The standard InChI is InChI=1S/C50H30O.C42H26O/c1-2-15-33-30-47-45(29-32(33)14-1)50-44(25-12-26-46(50)51-47)49-41-22-9-7-20-39(41)48(40-21-8-10-23-42(40)49)43-28-27-38(36-18-5-6-19-37(36)43)35-24-11-16-31-13-3-4-17-34(31)35;1-2-13-27(14-3-1)30-17-6-7-18-31(30)40-32-19-8-10-21-34(32)41(35-22-11-9-20-33(35)40)36-23-12-24-38-42(36)37-25-28-15-4-5-16-29(28)26-39(37)43-38/h1-30H;1-26H/i1D,2D,3D,4D,5D,6D,7D,8D,9D,10D,11D,12D,13D,14D,15D,16D,17D,18D,19D,20D,21D,22D,23D,24D,25D,26D,27D,28D,29D,30D;1D,2D,3D,4D,5D,6D,7D,8D,9D,10D,11D,12D,13D,14D,15D,16D,17D,18D,19D,20D,21D,22D,23D,24D,25D,26D. The van der Waals surface area contributed by atoms with Crippen LogP contribution in [0.25, 0.3) is 197 Å². The molecule has 0 saturated heterocycles. The molecule has 94 heavy (non-hydrogen) atoms. The van der Waals surface area contributed by atoms with E-state index in [1.165, 1.54) is 0 Å². The molecule has 0 fully saturated rings. The van der Waals surface area contributed by atoms with Gasteiger partial charge < -0.3 is 8.83 Å².